The molecule has 0 fully saturated rings. The third kappa shape index (κ3) is 2.96. The largest absolute Gasteiger partial charge is 0.507 e. The quantitative estimate of drug-likeness (QED) is 0.724. The Kier molecular flexibility index (Phi) is 4.24. The van der Waals surface area contributed by atoms with E-state index in [0.717, 1.165) is 5.56 Å². The number of phenols is 1. The van der Waals surface area contributed by atoms with Crippen molar-refractivity contribution in [2.45, 2.75) is 0 Å². The number of hydrogen-bond acceptors (Lipinski definition) is 5. The van der Waals surface area contributed by atoms with E-state index in [1.807, 2.05) is 0 Å². The van der Waals surface area contributed by atoms with Gasteiger partial charge < -0.3 is 19.0 Å². The van der Waals surface area contributed by atoms with Crippen LogP contribution >= 0.6 is 0 Å². The molecule has 3 rings (SSSR count). The first-order chi connectivity index (χ1) is 11.6. The molecular weight excluding hydrogens is 308 g/mol. The predicted molar refractivity (Wildman–Crippen MR) is 91.8 cm³/mol. The Labute approximate surface area is 138 Å². The number of methoxy groups -OCH3 is 1. The molecule has 0 aliphatic rings. The van der Waals surface area contributed by atoms with Gasteiger partial charge in [-0.3, -0.25) is 4.79 Å². The van der Waals surface area contributed by atoms with E-state index in [9.17, 15) is 9.90 Å². The third-order valence-corrected chi connectivity index (χ3v) is 3.53. The summed E-state index contributed by atoms with van der Waals surface area (Å²) in [4.78, 5) is 12.3. The second kappa shape index (κ2) is 6.50. The van der Waals surface area contributed by atoms with Crippen molar-refractivity contribution >= 4 is 11.0 Å². The predicted octanol–water partition coefficient (Wildman–Crippen LogP) is 3.74. The van der Waals surface area contributed by atoms with E-state index in [1.165, 1.54) is 12.1 Å². The van der Waals surface area contributed by atoms with E-state index in [1.54, 1.807) is 43.5 Å². The minimum absolute atomic E-state index is 0.123. The van der Waals surface area contributed by atoms with Gasteiger partial charge in [0, 0.05) is 23.8 Å². The van der Waals surface area contributed by atoms with Crippen LogP contribution in [-0.2, 0) is 0 Å². The first-order valence-electron chi connectivity index (χ1n) is 7.31. The van der Waals surface area contributed by atoms with Crippen molar-refractivity contribution in [1.29, 1.82) is 0 Å². The van der Waals surface area contributed by atoms with Gasteiger partial charge in [0.25, 0.3) is 0 Å². The summed E-state index contributed by atoms with van der Waals surface area (Å²) in [5, 5.41) is 10.2. The summed E-state index contributed by atoms with van der Waals surface area (Å²) in [6, 6.07) is 11.5. The highest BCUT2D eigenvalue weighted by molar-refractivity contribution is 5.86. The molecule has 0 bridgehead atoms. The maximum atomic E-state index is 12.3. The summed E-state index contributed by atoms with van der Waals surface area (Å²) < 4.78 is 16.3. The standard InChI is InChI=1S/C19H16O5/c1-3-8-23-14-9-15(20)19-16(21)11-17(24-18(19)10-14)12-4-6-13(22-2)7-5-12/h3-7,9-11,20H,1,8H2,2H3. The van der Waals surface area contributed by atoms with Gasteiger partial charge in [-0.05, 0) is 24.3 Å². The van der Waals surface area contributed by atoms with Gasteiger partial charge in [-0.2, -0.15) is 0 Å². The smallest absolute Gasteiger partial charge is 0.197 e. The molecule has 5 nitrogen and oxygen atoms in total. The highest BCUT2D eigenvalue weighted by Gasteiger charge is 2.13. The molecule has 5 heteroatoms. The van der Waals surface area contributed by atoms with Crippen molar-refractivity contribution in [3.05, 3.63) is 65.3 Å². The van der Waals surface area contributed by atoms with E-state index in [2.05, 4.69) is 6.58 Å². The highest BCUT2D eigenvalue weighted by atomic mass is 16.5. The van der Waals surface area contributed by atoms with Crippen LogP contribution in [-0.4, -0.2) is 18.8 Å². The Balaban J connectivity index is 2.12. The second-order valence-electron chi connectivity index (χ2n) is 5.12. The maximum Gasteiger partial charge on any atom is 0.197 e. The van der Waals surface area contributed by atoms with Gasteiger partial charge in [0.1, 0.15) is 40.6 Å². The maximum absolute atomic E-state index is 12.3. The van der Waals surface area contributed by atoms with E-state index in [4.69, 9.17) is 13.9 Å². The van der Waals surface area contributed by atoms with Gasteiger partial charge in [0.05, 0.1) is 7.11 Å². The van der Waals surface area contributed by atoms with Crippen molar-refractivity contribution in [3.63, 3.8) is 0 Å². The van der Waals surface area contributed by atoms with Gasteiger partial charge in [-0.15, -0.1) is 0 Å². The lowest BCUT2D eigenvalue weighted by Gasteiger charge is -2.08. The molecule has 122 valence electrons. The minimum atomic E-state index is -0.324. The van der Waals surface area contributed by atoms with Gasteiger partial charge in [-0.1, -0.05) is 12.7 Å². The molecule has 0 saturated heterocycles. The van der Waals surface area contributed by atoms with Gasteiger partial charge in [-0.25, -0.2) is 0 Å². The molecule has 0 aliphatic heterocycles. The third-order valence-electron chi connectivity index (χ3n) is 3.53. The average molecular weight is 324 g/mol. The Morgan fingerprint density at radius 1 is 1.17 bits per heavy atom. The van der Waals surface area contributed by atoms with Crippen LogP contribution in [0, 0.1) is 0 Å². The van der Waals surface area contributed by atoms with Crippen molar-refractivity contribution in [3.8, 4) is 28.6 Å². The Morgan fingerprint density at radius 2 is 1.92 bits per heavy atom. The molecule has 0 aliphatic carbocycles. The summed E-state index contributed by atoms with van der Waals surface area (Å²) in [6.07, 6.45) is 1.59. The minimum Gasteiger partial charge on any atom is -0.507 e. The number of rotatable bonds is 5. The molecule has 0 spiro atoms. The van der Waals surface area contributed by atoms with Gasteiger partial charge in [0.2, 0.25) is 0 Å². The number of benzene rings is 2. The first-order valence-corrected chi connectivity index (χ1v) is 7.31. The number of phenolic OH excluding ortho intramolecular Hbond substituents is 1. The number of hydrogen-bond donors (Lipinski definition) is 1. The zero-order valence-electron chi connectivity index (χ0n) is 13.1. The molecule has 1 aromatic heterocycles. The highest BCUT2D eigenvalue weighted by Crippen LogP contribution is 2.31. The molecular formula is C19H16O5. The van der Waals surface area contributed by atoms with Gasteiger partial charge >= 0.3 is 0 Å². The summed E-state index contributed by atoms with van der Waals surface area (Å²) in [5.74, 6) is 1.33. The fraction of sp³-hybridized carbons (Fsp3) is 0.105. The van der Waals surface area contributed by atoms with Crippen LogP contribution in [0.25, 0.3) is 22.3 Å². The molecule has 0 unspecified atom stereocenters. The lowest BCUT2D eigenvalue weighted by atomic mass is 10.1. The van der Waals surface area contributed by atoms with Gasteiger partial charge in [0.15, 0.2) is 5.43 Å². The number of ether oxygens (including phenoxy) is 2. The SMILES string of the molecule is C=CCOc1cc(O)c2c(=O)cc(-c3ccc(OC)cc3)oc2c1. The van der Waals surface area contributed by atoms with Crippen LogP contribution in [0.5, 0.6) is 17.2 Å². The molecule has 2 aromatic carbocycles. The Bertz CT molecular complexity index is 938. The Morgan fingerprint density at radius 3 is 2.58 bits per heavy atom. The normalized spacial score (nSPS) is 10.5. The first kappa shape index (κ1) is 15.7. The van der Waals surface area contributed by atoms with Crippen molar-refractivity contribution in [2.24, 2.45) is 0 Å². The molecule has 0 radical (unpaired) electrons. The van der Waals surface area contributed by atoms with Crippen LogP contribution in [0.1, 0.15) is 0 Å². The second-order valence-corrected chi connectivity index (χ2v) is 5.12. The molecule has 0 amide bonds. The summed E-state index contributed by atoms with van der Waals surface area (Å²) in [7, 11) is 1.58. The van der Waals surface area contributed by atoms with Crippen molar-refractivity contribution in [1.82, 2.24) is 0 Å². The van der Waals surface area contributed by atoms with E-state index >= 15 is 0 Å². The van der Waals surface area contributed by atoms with Crippen molar-refractivity contribution < 1.29 is 19.0 Å². The lowest BCUT2D eigenvalue weighted by Crippen LogP contribution is -2.02. The fourth-order valence-electron chi connectivity index (χ4n) is 2.38. The molecule has 24 heavy (non-hydrogen) atoms. The van der Waals surface area contributed by atoms with E-state index in [-0.39, 0.29) is 28.8 Å². The van der Waals surface area contributed by atoms with Crippen molar-refractivity contribution in [2.75, 3.05) is 13.7 Å². The summed E-state index contributed by atoms with van der Waals surface area (Å²) >= 11 is 0. The zero-order chi connectivity index (χ0) is 17.1. The molecule has 0 saturated carbocycles. The van der Waals surface area contributed by atoms with E-state index < -0.39 is 0 Å². The molecule has 1 N–H and O–H groups in total. The van der Waals surface area contributed by atoms with E-state index in [0.29, 0.717) is 17.3 Å². The van der Waals surface area contributed by atoms with Crippen LogP contribution in [0.4, 0.5) is 0 Å². The number of aromatic hydroxyl groups is 1. The van der Waals surface area contributed by atoms with Crippen LogP contribution < -0.4 is 14.9 Å². The van der Waals surface area contributed by atoms with Crippen LogP contribution in [0.15, 0.2) is 64.3 Å². The summed E-state index contributed by atoms with van der Waals surface area (Å²) in [6.45, 7) is 3.86. The molecule has 3 aromatic rings. The monoisotopic (exact) mass is 324 g/mol. The molecule has 1 heterocycles. The topological polar surface area (TPSA) is 68.9 Å². The molecule has 0 atom stereocenters. The summed E-state index contributed by atoms with van der Waals surface area (Å²) in [5.41, 5.74) is 0.661. The number of fused-ring (bicyclic) bond motifs is 1. The van der Waals surface area contributed by atoms with Crippen LogP contribution in [0.2, 0.25) is 0 Å². The zero-order valence-corrected chi connectivity index (χ0v) is 13.1. The average Bonchev–Trinajstić information content (AvgIpc) is 2.59. The lowest BCUT2D eigenvalue weighted by molar-refractivity contribution is 0.360. The fourth-order valence-corrected chi connectivity index (χ4v) is 2.38. The van der Waals surface area contributed by atoms with Crippen LogP contribution in [0.3, 0.4) is 0 Å². The Hall–Kier alpha value is -3.21.